The predicted molar refractivity (Wildman–Crippen MR) is 152 cm³/mol. The maximum atomic E-state index is 13.6. The lowest BCUT2D eigenvalue weighted by Gasteiger charge is -2.28. The minimum Gasteiger partial charge on any atom is -0.461 e. The highest BCUT2D eigenvalue weighted by atomic mass is 32.2. The molecule has 40 heavy (non-hydrogen) atoms. The number of nitriles is 1. The molecule has 12 heteroatoms. The molecule has 0 spiro atoms. The molecule has 0 radical (unpaired) electrons. The van der Waals surface area contributed by atoms with Gasteiger partial charge in [0.1, 0.15) is 29.3 Å². The van der Waals surface area contributed by atoms with Gasteiger partial charge in [0.05, 0.1) is 11.4 Å². The van der Waals surface area contributed by atoms with Gasteiger partial charge in [0.15, 0.2) is 4.91 Å². The van der Waals surface area contributed by atoms with Crippen molar-refractivity contribution in [3.05, 3.63) is 57.6 Å². The highest BCUT2D eigenvalue weighted by Gasteiger charge is 2.33. The molecule has 5 rings (SSSR count). The van der Waals surface area contributed by atoms with Crippen molar-refractivity contribution in [1.82, 2.24) is 15.1 Å². The minimum absolute atomic E-state index is 0.00101. The molecule has 1 atom stereocenters. The zero-order chi connectivity index (χ0) is 28.3. The largest absolute Gasteiger partial charge is 0.461 e. The second-order valence-electron chi connectivity index (χ2n) is 10.1. The van der Waals surface area contributed by atoms with Crippen molar-refractivity contribution < 1.29 is 22.4 Å². The third kappa shape index (κ3) is 5.85. The average Bonchev–Trinajstić information content (AvgIpc) is 3.69. The molecule has 0 aliphatic carbocycles. The molecule has 2 aromatic heterocycles. The Morgan fingerprint density at radius 3 is 2.65 bits per heavy atom. The number of likely N-dealkylation sites (tertiary alicyclic amines) is 2. The van der Waals surface area contributed by atoms with E-state index >= 15 is 0 Å². The topological polar surface area (TPSA) is 136 Å². The molecule has 4 heterocycles. The first kappa shape index (κ1) is 27.7. The highest BCUT2D eigenvalue weighted by Crippen LogP contribution is 2.27. The number of hydrogen-bond acceptors (Lipinski definition) is 9. The van der Waals surface area contributed by atoms with Crippen LogP contribution in [0.1, 0.15) is 37.9 Å². The van der Waals surface area contributed by atoms with E-state index in [4.69, 9.17) is 4.42 Å². The van der Waals surface area contributed by atoms with Gasteiger partial charge in [0.2, 0.25) is 21.7 Å². The number of furan rings is 1. The van der Waals surface area contributed by atoms with Gasteiger partial charge >= 0.3 is 0 Å². The first-order valence-corrected chi connectivity index (χ1v) is 15.7. The molecule has 2 fully saturated rings. The maximum Gasteiger partial charge on any atom is 0.245 e. The molecule has 0 saturated carbocycles. The van der Waals surface area contributed by atoms with Crippen LogP contribution in [0.15, 0.2) is 61.1 Å². The van der Waals surface area contributed by atoms with Gasteiger partial charge in [-0.1, -0.05) is 0 Å². The van der Waals surface area contributed by atoms with E-state index < -0.39 is 20.8 Å². The lowest BCUT2D eigenvalue weighted by molar-refractivity contribution is -0.140. The molecule has 0 bridgehead atoms. The molecular weight excluding hydrogens is 550 g/mol. The summed E-state index contributed by atoms with van der Waals surface area (Å²) in [5.41, 5.74) is 1.19. The van der Waals surface area contributed by atoms with E-state index in [2.05, 4.69) is 10.6 Å². The van der Waals surface area contributed by atoms with Crippen molar-refractivity contribution in [3.8, 4) is 6.07 Å². The Hall–Kier alpha value is -3.82. The lowest BCUT2D eigenvalue weighted by Crippen LogP contribution is -2.49. The Kier molecular flexibility index (Phi) is 8.14. The van der Waals surface area contributed by atoms with Crippen LogP contribution in [-0.2, 0) is 19.4 Å². The molecule has 3 aromatic rings. The van der Waals surface area contributed by atoms with Crippen LogP contribution in [0.3, 0.4) is 0 Å². The number of carbonyl (C=O) groups is 2. The van der Waals surface area contributed by atoms with E-state index in [1.165, 1.54) is 22.8 Å². The molecular formula is C28H31N5O5S2. The molecule has 210 valence electrons. The first-order valence-electron chi connectivity index (χ1n) is 13.3. The molecule has 0 unspecified atom stereocenters. The predicted octanol–water partition coefficient (Wildman–Crippen LogP) is 3.97. The third-order valence-corrected chi connectivity index (χ3v) is 9.74. The van der Waals surface area contributed by atoms with Crippen molar-refractivity contribution in [2.75, 3.05) is 31.5 Å². The standard InChI is InChI=1S/C28H31N5O5S2/c1-19-14-20-15-21(7-8-24(20)38-19)30-27(25(16-29)40(36,37)22-9-13-39-18-22)31-23-6-2-3-12-33(28(23)35)17-26(34)32-10-4-5-11-32/h7-9,13-15,18,23,30-31H,2-6,10-12,17H2,1H3/t23-/m0/s1. The number of nitrogens with one attached hydrogen (secondary N) is 2. The van der Waals surface area contributed by atoms with Crippen molar-refractivity contribution in [2.45, 2.75) is 50.0 Å². The summed E-state index contributed by atoms with van der Waals surface area (Å²) in [5, 5.41) is 20.1. The third-order valence-electron chi connectivity index (χ3n) is 7.20. The monoisotopic (exact) mass is 581 g/mol. The Bertz CT molecular complexity index is 1580. The maximum absolute atomic E-state index is 13.6. The van der Waals surface area contributed by atoms with Gasteiger partial charge in [-0.25, -0.2) is 8.42 Å². The van der Waals surface area contributed by atoms with Gasteiger partial charge in [0.25, 0.3) is 0 Å². The molecule has 2 amide bonds. The normalized spacial score (nSPS) is 18.8. The number of benzene rings is 1. The Labute approximate surface area is 237 Å². The van der Waals surface area contributed by atoms with Crippen molar-refractivity contribution >= 4 is 49.6 Å². The lowest BCUT2D eigenvalue weighted by atomic mass is 10.1. The summed E-state index contributed by atoms with van der Waals surface area (Å²) in [7, 11) is -4.19. The van der Waals surface area contributed by atoms with E-state index in [0.29, 0.717) is 43.7 Å². The van der Waals surface area contributed by atoms with Crippen molar-refractivity contribution in [2.24, 2.45) is 0 Å². The highest BCUT2D eigenvalue weighted by molar-refractivity contribution is 7.95. The molecule has 10 nitrogen and oxygen atoms in total. The van der Waals surface area contributed by atoms with Gasteiger partial charge in [-0.05, 0) is 74.7 Å². The summed E-state index contributed by atoms with van der Waals surface area (Å²) in [5.74, 6) is 0.267. The van der Waals surface area contributed by atoms with Gasteiger partial charge in [0, 0.05) is 36.1 Å². The average molecular weight is 582 g/mol. The number of thiophene rings is 1. The zero-order valence-electron chi connectivity index (χ0n) is 22.2. The quantitative estimate of drug-likeness (QED) is 0.382. The molecule has 1 aromatic carbocycles. The Morgan fingerprint density at radius 1 is 1.15 bits per heavy atom. The Morgan fingerprint density at radius 2 is 1.93 bits per heavy atom. The van der Waals surface area contributed by atoms with Gasteiger partial charge in [-0.3, -0.25) is 9.59 Å². The second kappa shape index (κ2) is 11.7. The van der Waals surface area contributed by atoms with Crippen LogP contribution in [0.4, 0.5) is 5.69 Å². The molecule has 2 N–H and O–H groups in total. The SMILES string of the molecule is Cc1cc2cc(NC(N[C@H]3CCCCN(CC(=O)N4CCCC4)C3=O)=C(C#N)S(=O)(=O)c3ccsc3)ccc2o1. The van der Waals surface area contributed by atoms with Crippen LogP contribution in [0.5, 0.6) is 0 Å². The smallest absolute Gasteiger partial charge is 0.245 e. The van der Waals surface area contributed by atoms with E-state index in [1.807, 2.05) is 19.1 Å². The summed E-state index contributed by atoms with van der Waals surface area (Å²) >= 11 is 1.21. The van der Waals surface area contributed by atoms with Crippen molar-refractivity contribution in [3.63, 3.8) is 0 Å². The number of anilines is 1. The van der Waals surface area contributed by atoms with Gasteiger partial charge < -0.3 is 24.9 Å². The molecule has 2 saturated heterocycles. The fraction of sp³-hybridized carbons (Fsp3) is 0.393. The van der Waals surface area contributed by atoms with Crippen LogP contribution >= 0.6 is 11.3 Å². The fourth-order valence-corrected chi connectivity index (χ4v) is 7.39. The van der Waals surface area contributed by atoms with Gasteiger partial charge in [-0.2, -0.15) is 16.6 Å². The van der Waals surface area contributed by atoms with Crippen LogP contribution in [0, 0.1) is 18.3 Å². The zero-order valence-corrected chi connectivity index (χ0v) is 23.8. The summed E-state index contributed by atoms with van der Waals surface area (Å²) < 4.78 is 32.7. The minimum atomic E-state index is -4.19. The summed E-state index contributed by atoms with van der Waals surface area (Å²) in [6.45, 7) is 3.66. The van der Waals surface area contributed by atoms with Crippen LogP contribution in [-0.4, -0.2) is 62.3 Å². The van der Waals surface area contributed by atoms with Crippen LogP contribution in [0.2, 0.25) is 0 Å². The van der Waals surface area contributed by atoms with Gasteiger partial charge in [-0.15, -0.1) is 0 Å². The van der Waals surface area contributed by atoms with Crippen molar-refractivity contribution in [1.29, 1.82) is 5.26 Å². The van der Waals surface area contributed by atoms with E-state index in [9.17, 15) is 23.3 Å². The number of allylic oxidation sites excluding steroid dienone is 1. The number of aryl methyl sites for hydroxylation is 1. The summed E-state index contributed by atoms with van der Waals surface area (Å²) in [6.07, 6.45) is 3.77. The number of rotatable bonds is 8. The van der Waals surface area contributed by atoms with Crippen LogP contribution < -0.4 is 10.6 Å². The Balaban J connectivity index is 1.48. The number of sulfone groups is 1. The second-order valence-corrected chi connectivity index (χ2v) is 12.7. The van der Waals surface area contributed by atoms with E-state index in [-0.39, 0.29) is 29.1 Å². The number of nitrogens with zero attached hydrogens (tertiary/aromatic N) is 3. The molecule has 2 aliphatic heterocycles. The number of hydrogen-bond donors (Lipinski definition) is 2. The molecule has 2 aliphatic rings. The van der Waals surface area contributed by atoms with E-state index in [1.54, 1.807) is 33.4 Å². The summed E-state index contributed by atoms with van der Waals surface area (Å²) in [4.78, 5) is 29.3. The number of amides is 2. The fourth-order valence-electron chi connectivity index (χ4n) is 5.13. The number of fused-ring (bicyclic) bond motifs is 1. The summed E-state index contributed by atoms with van der Waals surface area (Å²) in [6, 6.07) is 9.59. The number of carbonyl (C=O) groups excluding carboxylic acids is 2. The first-order chi connectivity index (χ1) is 19.3. The van der Waals surface area contributed by atoms with E-state index in [0.717, 1.165) is 30.4 Å². The van der Waals surface area contributed by atoms with Crippen LogP contribution in [0.25, 0.3) is 11.0 Å².